The first-order valence-electron chi connectivity index (χ1n) is 5.66. The lowest BCUT2D eigenvalue weighted by atomic mass is 10.3. The average molecular weight is 338 g/mol. The standard InChI is InChI=1S/C12H15N3O2S.2ClH/c1-8-10(11(16)14-6-5-13-2)15-12(18-8)9-4-3-7-17-9;;/h3-4,7,13H,5-6H2,1-2H3,(H,14,16);2*1H. The van der Waals surface area contributed by atoms with Crippen molar-refractivity contribution >= 4 is 42.1 Å². The summed E-state index contributed by atoms with van der Waals surface area (Å²) in [6.07, 6.45) is 1.60. The number of nitrogens with one attached hydrogen (secondary N) is 2. The van der Waals surface area contributed by atoms with Gasteiger partial charge < -0.3 is 15.1 Å². The van der Waals surface area contributed by atoms with Gasteiger partial charge in [0.15, 0.2) is 10.8 Å². The maximum Gasteiger partial charge on any atom is 0.271 e. The Morgan fingerprint density at radius 3 is 2.75 bits per heavy atom. The summed E-state index contributed by atoms with van der Waals surface area (Å²) in [7, 11) is 1.84. The Kier molecular flexibility index (Phi) is 8.48. The Hall–Kier alpha value is -1.08. The van der Waals surface area contributed by atoms with Gasteiger partial charge in [-0.25, -0.2) is 4.98 Å². The molecule has 1 amide bonds. The SMILES string of the molecule is CNCCNC(=O)c1nc(-c2ccco2)sc1C.Cl.Cl. The third kappa shape index (κ3) is 4.49. The first-order valence-corrected chi connectivity index (χ1v) is 6.48. The van der Waals surface area contributed by atoms with E-state index in [1.165, 1.54) is 11.3 Å². The van der Waals surface area contributed by atoms with Crippen LogP contribution in [0.15, 0.2) is 22.8 Å². The number of halogens is 2. The van der Waals surface area contributed by atoms with Gasteiger partial charge in [0.25, 0.3) is 5.91 Å². The highest BCUT2D eigenvalue weighted by atomic mass is 35.5. The molecule has 0 radical (unpaired) electrons. The molecule has 2 rings (SSSR count). The molecule has 0 unspecified atom stereocenters. The molecule has 0 aliphatic carbocycles. The zero-order valence-corrected chi connectivity index (χ0v) is 13.6. The van der Waals surface area contributed by atoms with Gasteiger partial charge in [0.05, 0.1) is 6.26 Å². The van der Waals surface area contributed by atoms with Crippen molar-refractivity contribution in [1.82, 2.24) is 15.6 Å². The first kappa shape index (κ1) is 18.9. The smallest absolute Gasteiger partial charge is 0.271 e. The summed E-state index contributed by atoms with van der Waals surface area (Å²) in [5.74, 6) is 0.550. The van der Waals surface area contributed by atoms with Gasteiger partial charge in [-0.1, -0.05) is 0 Å². The van der Waals surface area contributed by atoms with Crippen LogP contribution in [0.3, 0.4) is 0 Å². The molecule has 2 aromatic rings. The Bertz CT molecular complexity index is 529. The van der Waals surface area contributed by atoms with Crippen molar-refractivity contribution < 1.29 is 9.21 Å². The number of amides is 1. The fourth-order valence-electron chi connectivity index (χ4n) is 1.50. The van der Waals surface area contributed by atoms with E-state index in [4.69, 9.17) is 4.42 Å². The van der Waals surface area contributed by atoms with Crippen LogP contribution in [-0.2, 0) is 0 Å². The molecular weight excluding hydrogens is 321 g/mol. The number of rotatable bonds is 5. The third-order valence-electron chi connectivity index (χ3n) is 2.40. The van der Waals surface area contributed by atoms with Gasteiger partial charge in [-0.15, -0.1) is 36.2 Å². The number of thiazole rings is 1. The fourth-order valence-corrected chi connectivity index (χ4v) is 2.38. The van der Waals surface area contributed by atoms with Crippen molar-refractivity contribution in [2.75, 3.05) is 20.1 Å². The predicted molar refractivity (Wildman–Crippen MR) is 85.3 cm³/mol. The van der Waals surface area contributed by atoms with Crippen molar-refractivity contribution in [2.45, 2.75) is 6.92 Å². The van der Waals surface area contributed by atoms with Gasteiger partial charge in [0, 0.05) is 18.0 Å². The van der Waals surface area contributed by atoms with Crippen molar-refractivity contribution in [1.29, 1.82) is 0 Å². The maximum absolute atomic E-state index is 11.9. The lowest BCUT2D eigenvalue weighted by Gasteiger charge is -2.02. The summed E-state index contributed by atoms with van der Waals surface area (Å²) in [6.45, 7) is 3.21. The normalized spacial score (nSPS) is 9.50. The number of carbonyl (C=O) groups is 1. The van der Waals surface area contributed by atoms with Gasteiger partial charge in [-0.05, 0) is 26.1 Å². The van der Waals surface area contributed by atoms with Gasteiger partial charge in [-0.2, -0.15) is 0 Å². The van der Waals surface area contributed by atoms with Crippen molar-refractivity contribution in [3.63, 3.8) is 0 Å². The molecule has 0 aromatic carbocycles. The van der Waals surface area contributed by atoms with E-state index in [2.05, 4.69) is 15.6 Å². The second-order valence-corrected chi connectivity index (χ2v) is 4.96. The number of likely N-dealkylation sites (N-methyl/N-ethyl adjacent to an activating group) is 1. The van der Waals surface area contributed by atoms with E-state index in [0.29, 0.717) is 18.0 Å². The Morgan fingerprint density at radius 1 is 1.40 bits per heavy atom. The minimum absolute atomic E-state index is 0. The number of aryl methyl sites for hydroxylation is 1. The van der Waals surface area contributed by atoms with Gasteiger partial charge in [0.2, 0.25) is 0 Å². The number of carbonyl (C=O) groups excluding carboxylic acids is 1. The zero-order valence-electron chi connectivity index (χ0n) is 11.1. The highest BCUT2D eigenvalue weighted by Gasteiger charge is 2.16. The average Bonchev–Trinajstić information content (AvgIpc) is 2.97. The van der Waals surface area contributed by atoms with Crippen LogP contribution in [0.25, 0.3) is 10.8 Å². The molecule has 8 heteroatoms. The summed E-state index contributed by atoms with van der Waals surface area (Å²) in [6, 6.07) is 3.64. The zero-order chi connectivity index (χ0) is 13.0. The third-order valence-corrected chi connectivity index (χ3v) is 3.39. The quantitative estimate of drug-likeness (QED) is 0.822. The Labute approximate surface area is 134 Å². The van der Waals surface area contributed by atoms with Gasteiger partial charge in [0.1, 0.15) is 5.69 Å². The van der Waals surface area contributed by atoms with Crippen molar-refractivity contribution in [3.05, 3.63) is 29.0 Å². The van der Waals surface area contributed by atoms with Crippen LogP contribution >= 0.6 is 36.2 Å². The van der Waals surface area contributed by atoms with Gasteiger partial charge in [-0.3, -0.25) is 4.79 Å². The topological polar surface area (TPSA) is 67.2 Å². The number of nitrogens with zero attached hydrogens (tertiary/aromatic N) is 1. The summed E-state index contributed by atoms with van der Waals surface area (Å²) < 4.78 is 5.27. The molecule has 0 fully saturated rings. The molecule has 20 heavy (non-hydrogen) atoms. The molecule has 0 atom stereocenters. The first-order chi connectivity index (χ1) is 8.72. The van der Waals surface area contributed by atoms with Gasteiger partial charge >= 0.3 is 0 Å². The molecule has 0 spiro atoms. The predicted octanol–water partition coefficient (Wildman–Crippen LogP) is 2.50. The molecule has 0 saturated heterocycles. The molecule has 0 saturated carbocycles. The van der Waals surface area contributed by atoms with E-state index in [1.807, 2.05) is 20.0 Å². The van der Waals surface area contributed by atoms with Crippen LogP contribution in [0, 0.1) is 6.92 Å². The molecule has 5 nitrogen and oxygen atoms in total. The molecule has 0 aliphatic rings. The summed E-state index contributed by atoms with van der Waals surface area (Å²) in [5, 5.41) is 6.51. The molecule has 2 aromatic heterocycles. The minimum atomic E-state index is -0.142. The maximum atomic E-state index is 11.9. The summed E-state index contributed by atoms with van der Waals surface area (Å²) in [5.41, 5.74) is 0.475. The fraction of sp³-hybridized carbons (Fsp3) is 0.333. The number of hydrogen-bond acceptors (Lipinski definition) is 5. The van der Waals surface area contributed by atoms with Crippen molar-refractivity contribution in [2.24, 2.45) is 0 Å². The molecule has 112 valence electrons. The number of furan rings is 1. The second-order valence-electron chi connectivity index (χ2n) is 3.76. The molecule has 0 bridgehead atoms. The summed E-state index contributed by atoms with van der Waals surface area (Å²) in [4.78, 5) is 17.1. The van der Waals surface area contributed by atoms with E-state index in [0.717, 1.165) is 16.4 Å². The number of aromatic nitrogens is 1. The van der Waals surface area contributed by atoms with E-state index in [-0.39, 0.29) is 30.7 Å². The van der Waals surface area contributed by atoms with Crippen molar-refractivity contribution in [3.8, 4) is 10.8 Å². The Morgan fingerprint density at radius 2 is 2.15 bits per heavy atom. The number of hydrogen-bond donors (Lipinski definition) is 2. The highest BCUT2D eigenvalue weighted by Crippen LogP contribution is 2.27. The second kappa shape index (κ2) is 8.97. The largest absolute Gasteiger partial charge is 0.462 e. The Balaban J connectivity index is 0.00000180. The molecule has 0 aliphatic heterocycles. The van der Waals surface area contributed by atoms with E-state index >= 15 is 0 Å². The summed E-state index contributed by atoms with van der Waals surface area (Å²) >= 11 is 1.46. The van der Waals surface area contributed by atoms with Crippen LogP contribution in [0.5, 0.6) is 0 Å². The lowest BCUT2D eigenvalue weighted by Crippen LogP contribution is -2.30. The molecule has 2 N–H and O–H groups in total. The van der Waals surface area contributed by atoms with Crippen LogP contribution in [0.2, 0.25) is 0 Å². The van der Waals surface area contributed by atoms with Crippen LogP contribution in [0.4, 0.5) is 0 Å². The lowest BCUT2D eigenvalue weighted by molar-refractivity contribution is 0.0949. The molecule has 2 heterocycles. The van der Waals surface area contributed by atoms with E-state index < -0.39 is 0 Å². The van der Waals surface area contributed by atoms with Crippen LogP contribution < -0.4 is 10.6 Å². The van der Waals surface area contributed by atoms with Crippen LogP contribution in [-0.4, -0.2) is 31.0 Å². The van der Waals surface area contributed by atoms with E-state index in [9.17, 15) is 4.79 Å². The van der Waals surface area contributed by atoms with Crippen LogP contribution in [0.1, 0.15) is 15.4 Å². The van der Waals surface area contributed by atoms with E-state index in [1.54, 1.807) is 12.3 Å². The minimum Gasteiger partial charge on any atom is -0.462 e. The highest BCUT2D eigenvalue weighted by molar-refractivity contribution is 7.15. The molecular formula is C12H17Cl2N3O2S. The monoisotopic (exact) mass is 337 g/mol.